The minimum Gasteiger partial charge on any atom is -0.511 e. The van der Waals surface area contributed by atoms with E-state index in [-0.39, 0.29) is 71.8 Å². The average Bonchev–Trinajstić information content (AvgIpc) is 3.01. The van der Waals surface area contributed by atoms with Crippen LogP contribution in [0.1, 0.15) is 11.1 Å². The van der Waals surface area contributed by atoms with Crippen molar-refractivity contribution in [1.29, 1.82) is 0 Å². The maximum Gasteiger partial charge on any atom is 0.0153 e. The van der Waals surface area contributed by atoms with E-state index in [1.54, 1.807) is 0 Å². The van der Waals surface area contributed by atoms with Gasteiger partial charge in [-0.1, -0.05) is 24.3 Å². The van der Waals surface area contributed by atoms with Gasteiger partial charge in [0.2, 0.25) is 0 Å². The largest absolute Gasteiger partial charge is 0.511 e. The Balaban J connectivity index is -0.000000403. The summed E-state index contributed by atoms with van der Waals surface area (Å²) in [6.07, 6.45) is 8.29. The smallest absolute Gasteiger partial charge is 0.0153 e. The van der Waals surface area contributed by atoms with Crippen LogP contribution in [0.15, 0.2) is 49.1 Å². The number of rotatable bonds is 4. The van der Waals surface area contributed by atoms with Crippen molar-refractivity contribution >= 4 is 0 Å². The number of hydrogen-bond donors (Lipinski definition) is 0. The molecule has 26 heavy (non-hydrogen) atoms. The van der Waals surface area contributed by atoms with Crippen molar-refractivity contribution in [3.05, 3.63) is 103 Å². The van der Waals surface area contributed by atoms with Gasteiger partial charge in [-0.05, 0) is 50.0 Å². The summed E-state index contributed by atoms with van der Waals surface area (Å²) in [6.45, 7) is 6.01. The van der Waals surface area contributed by atoms with Gasteiger partial charge < -0.3 is 49.3 Å². The van der Waals surface area contributed by atoms with Crippen molar-refractivity contribution in [2.75, 3.05) is 14.1 Å². The molecule has 0 bridgehead atoms. The number of nitrogens with zero attached hydrogens (tertiary/aromatic N) is 4. The molecule has 2 heterocycles. The van der Waals surface area contributed by atoms with E-state index in [2.05, 4.69) is 82.0 Å². The fourth-order valence-electron chi connectivity index (χ4n) is 2.36. The minimum atomic E-state index is 0. The van der Waals surface area contributed by atoms with E-state index in [1.807, 2.05) is 14.1 Å². The van der Waals surface area contributed by atoms with Gasteiger partial charge in [-0.25, -0.2) is 0 Å². The molecule has 4 nitrogen and oxygen atoms in total. The maximum atomic E-state index is 2.21. The Labute approximate surface area is 191 Å². The van der Waals surface area contributed by atoms with Crippen molar-refractivity contribution < 1.29 is 42.1 Å². The third-order valence-electron chi connectivity index (χ3n) is 3.40. The standard InChI is InChI=1S/C16H20N4.4CH3.2Pt/c1-17-7-9-19(13-17)11-15-3-5-16(6-4-15)12-20-10-8-18(2)14-20;;;;;;/h3-10,13-14H,11-12H2,1-2H3;4*1H3;;/q-2;4*-1;;. The topological polar surface area (TPSA) is 13.0 Å². The zero-order chi connectivity index (χ0) is 13.9. The van der Waals surface area contributed by atoms with E-state index in [1.165, 1.54) is 11.1 Å². The van der Waals surface area contributed by atoms with Crippen molar-refractivity contribution in [2.24, 2.45) is 0 Å². The summed E-state index contributed by atoms with van der Waals surface area (Å²) in [5.41, 5.74) is 2.64. The van der Waals surface area contributed by atoms with Crippen LogP contribution in [-0.2, 0) is 55.2 Å². The monoisotopic (exact) mass is 718 g/mol. The van der Waals surface area contributed by atoms with Crippen LogP contribution in [0, 0.1) is 43.0 Å². The Morgan fingerprint density at radius 1 is 0.615 bits per heavy atom. The molecule has 1 aromatic carbocycles. The molecular formula is C20H32N4Pt2-6. The second-order valence-corrected chi connectivity index (χ2v) is 5.32. The fourth-order valence-corrected chi connectivity index (χ4v) is 2.36. The van der Waals surface area contributed by atoms with Gasteiger partial charge in [-0.2, -0.15) is 13.3 Å². The molecule has 2 aliphatic rings. The Morgan fingerprint density at radius 2 is 0.923 bits per heavy atom. The molecule has 158 valence electrons. The summed E-state index contributed by atoms with van der Waals surface area (Å²) < 4.78 is 0. The van der Waals surface area contributed by atoms with Gasteiger partial charge in [0.25, 0.3) is 0 Å². The first-order valence-corrected chi connectivity index (χ1v) is 6.79. The van der Waals surface area contributed by atoms with Crippen molar-refractivity contribution in [2.45, 2.75) is 13.1 Å². The SMILES string of the molecule is CN1C=CN(Cc2ccc(CN3C=CN(C)[CH-]3)cc2)[CH-]1.[CH3-].[CH3-].[CH3-].[CH3-].[Pt].[Pt]. The predicted octanol–water partition coefficient (Wildman–Crippen LogP) is 4.16. The van der Waals surface area contributed by atoms with Crippen LogP contribution in [0.25, 0.3) is 0 Å². The quantitative estimate of drug-likeness (QED) is 0.434. The molecule has 0 atom stereocenters. The summed E-state index contributed by atoms with van der Waals surface area (Å²) in [7, 11) is 4.08. The normalized spacial score (nSPS) is 13.6. The first-order valence-electron chi connectivity index (χ1n) is 6.79. The zero-order valence-electron chi connectivity index (χ0n) is 16.6. The first-order chi connectivity index (χ1) is 9.69. The van der Waals surface area contributed by atoms with Crippen LogP contribution in [0.5, 0.6) is 0 Å². The summed E-state index contributed by atoms with van der Waals surface area (Å²) >= 11 is 0. The predicted molar refractivity (Wildman–Crippen MR) is 106 cm³/mol. The summed E-state index contributed by atoms with van der Waals surface area (Å²) in [5.74, 6) is 0. The van der Waals surface area contributed by atoms with E-state index in [4.69, 9.17) is 0 Å². The average molecular weight is 719 g/mol. The zero-order valence-corrected chi connectivity index (χ0v) is 21.2. The molecule has 0 amide bonds. The Hall–Kier alpha value is -0.723. The van der Waals surface area contributed by atoms with Crippen LogP contribution >= 0.6 is 0 Å². The van der Waals surface area contributed by atoms with Crippen LogP contribution in [0.2, 0.25) is 0 Å². The van der Waals surface area contributed by atoms with Gasteiger partial charge >= 0.3 is 0 Å². The number of hydrogen-bond acceptors (Lipinski definition) is 4. The van der Waals surface area contributed by atoms with Crippen molar-refractivity contribution in [3.63, 3.8) is 0 Å². The molecule has 2 aliphatic heterocycles. The molecule has 0 saturated heterocycles. The second-order valence-electron chi connectivity index (χ2n) is 5.32. The van der Waals surface area contributed by atoms with E-state index in [9.17, 15) is 0 Å². The fraction of sp³-hybridized carbons (Fsp3) is 0.200. The van der Waals surface area contributed by atoms with E-state index >= 15 is 0 Å². The van der Waals surface area contributed by atoms with Gasteiger partial charge in [0, 0.05) is 55.2 Å². The summed E-state index contributed by atoms with van der Waals surface area (Å²) in [4.78, 5) is 8.47. The molecule has 0 aliphatic carbocycles. The van der Waals surface area contributed by atoms with Crippen molar-refractivity contribution in [3.8, 4) is 0 Å². The van der Waals surface area contributed by atoms with Gasteiger partial charge in [-0.15, -0.1) is 0 Å². The van der Waals surface area contributed by atoms with E-state index in [0.29, 0.717) is 0 Å². The van der Waals surface area contributed by atoms with Crippen LogP contribution < -0.4 is 0 Å². The Morgan fingerprint density at radius 3 is 1.15 bits per heavy atom. The van der Waals surface area contributed by atoms with Gasteiger partial charge in [-0.3, -0.25) is 0 Å². The molecule has 1 aromatic rings. The molecule has 3 rings (SSSR count). The molecule has 0 saturated carbocycles. The van der Waals surface area contributed by atoms with Crippen LogP contribution in [0.3, 0.4) is 0 Å². The molecule has 0 radical (unpaired) electrons. The summed E-state index contributed by atoms with van der Waals surface area (Å²) in [6, 6.07) is 8.83. The summed E-state index contributed by atoms with van der Waals surface area (Å²) in [5, 5.41) is 0. The van der Waals surface area contributed by atoms with Gasteiger partial charge in [0.15, 0.2) is 0 Å². The van der Waals surface area contributed by atoms with Gasteiger partial charge in [0.05, 0.1) is 0 Å². The van der Waals surface area contributed by atoms with Crippen LogP contribution in [-0.4, -0.2) is 33.7 Å². The molecule has 6 heteroatoms. The number of benzene rings is 1. The van der Waals surface area contributed by atoms with E-state index < -0.39 is 0 Å². The van der Waals surface area contributed by atoms with E-state index in [0.717, 1.165) is 13.1 Å². The maximum absolute atomic E-state index is 2.21. The Kier molecular flexibility index (Phi) is 19.4. The third kappa shape index (κ3) is 9.28. The molecular weight excluding hydrogens is 686 g/mol. The van der Waals surface area contributed by atoms with Crippen LogP contribution in [0.4, 0.5) is 0 Å². The van der Waals surface area contributed by atoms with Crippen molar-refractivity contribution in [1.82, 2.24) is 19.6 Å². The molecule has 0 N–H and O–H groups in total. The first kappa shape index (κ1) is 32.9. The van der Waals surface area contributed by atoms with Gasteiger partial charge in [0.1, 0.15) is 0 Å². The molecule has 0 unspecified atom stereocenters. The molecule has 0 fully saturated rings. The third-order valence-corrected chi connectivity index (χ3v) is 3.40. The second kappa shape index (κ2) is 15.3. The molecule has 0 aromatic heterocycles. The Bertz CT molecular complexity index is 470. The molecule has 0 spiro atoms. The minimum absolute atomic E-state index is 0.